The van der Waals surface area contributed by atoms with Gasteiger partial charge in [-0.1, -0.05) is 11.6 Å². The molecule has 0 aliphatic rings. The zero-order valence-corrected chi connectivity index (χ0v) is 12.8. The van der Waals surface area contributed by atoms with Crippen LogP contribution in [-0.2, 0) is 19.5 Å². The summed E-state index contributed by atoms with van der Waals surface area (Å²) in [6.07, 6.45) is 0.389. The number of halogens is 1. The molecule has 0 unspecified atom stereocenters. The average molecular weight is 322 g/mol. The first-order valence-corrected chi connectivity index (χ1v) is 7.80. The molecule has 0 atom stereocenters. The minimum absolute atomic E-state index is 0.0583. The monoisotopic (exact) mass is 321 g/mol. The molecule has 0 saturated carbocycles. The maximum absolute atomic E-state index is 11.8. The maximum atomic E-state index is 11.8. The number of sulfonamides is 1. The van der Waals surface area contributed by atoms with Gasteiger partial charge in [0.05, 0.1) is 23.4 Å². The third-order valence-corrected chi connectivity index (χ3v) is 4.09. The SMILES string of the molecule is COCCCS(=O)(=O)Nc1ccc(C(=O)OC)c(Cl)c1. The molecular formula is C12H16ClNO5S. The summed E-state index contributed by atoms with van der Waals surface area (Å²) in [5.41, 5.74) is 0.469. The van der Waals surface area contributed by atoms with E-state index in [1.807, 2.05) is 0 Å². The van der Waals surface area contributed by atoms with Crippen LogP contribution >= 0.6 is 11.6 Å². The van der Waals surface area contributed by atoms with Crippen molar-refractivity contribution in [3.8, 4) is 0 Å². The van der Waals surface area contributed by atoms with Crippen molar-refractivity contribution in [3.63, 3.8) is 0 Å². The van der Waals surface area contributed by atoms with Crippen molar-refractivity contribution in [2.24, 2.45) is 0 Å². The zero-order chi connectivity index (χ0) is 15.2. The van der Waals surface area contributed by atoms with Crippen LogP contribution in [0, 0.1) is 0 Å². The summed E-state index contributed by atoms with van der Waals surface area (Å²) in [5.74, 6) is -0.637. The Kier molecular flexibility index (Phi) is 6.25. The molecule has 8 heteroatoms. The summed E-state index contributed by atoms with van der Waals surface area (Å²) >= 11 is 5.90. The Balaban J connectivity index is 2.79. The Labute approximate surface area is 123 Å². The van der Waals surface area contributed by atoms with Crippen LogP contribution in [0.3, 0.4) is 0 Å². The first kappa shape index (κ1) is 16.7. The minimum Gasteiger partial charge on any atom is -0.465 e. The van der Waals surface area contributed by atoms with Gasteiger partial charge in [0, 0.05) is 19.4 Å². The van der Waals surface area contributed by atoms with Gasteiger partial charge in [-0.15, -0.1) is 0 Å². The number of methoxy groups -OCH3 is 2. The lowest BCUT2D eigenvalue weighted by molar-refractivity contribution is 0.0601. The molecule has 0 spiro atoms. The summed E-state index contributed by atoms with van der Waals surface area (Å²) in [6.45, 7) is 0.364. The Morgan fingerprint density at radius 3 is 2.60 bits per heavy atom. The molecule has 0 bridgehead atoms. The Bertz CT molecular complexity index is 573. The smallest absolute Gasteiger partial charge is 0.339 e. The van der Waals surface area contributed by atoms with Crippen LogP contribution in [0.4, 0.5) is 5.69 Å². The lowest BCUT2D eigenvalue weighted by atomic mass is 10.2. The van der Waals surface area contributed by atoms with Crippen LogP contribution in [0.5, 0.6) is 0 Å². The lowest BCUT2D eigenvalue weighted by Crippen LogP contribution is -2.18. The van der Waals surface area contributed by atoms with Crippen LogP contribution in [0.15, 0.2) is 18.2 Å². The number of benzene rings is 1. The van der Waals surface area contributed by atoms with E-state index in [-0.39, 0.29) is 16.3 Å². The molecular weight excluding hydrogens is 306 g/mol. The molecule has 0 aliphatic heterocycles. The molecule has 0 aromatic heterocycles. The predicted octanol–water partition coefficient (Wildman–Crippen LogP) is 1.90. The number of carbonyl (C=O) groups is 1. The molecule has 0 heterocycles. The number of esters is 1. The van der Waals surface area contributed by atoms with Gasteiger partial charge in [0.15, 0.2) is 0 Å². The van der Waals surface area contributed by atoms with Crippen molar-refractivity contribution >= 4 is 33.3 Å². The summed E-state index contributed by atoms with van der Waals surface area (Å²) in [4.78, 5) is 11.3. The number of carbonyl (C=O) groups excluding carboxylic acids is 1. The summed E-state index contributed by atoms with van der Waals surface area (Å²) < 4.78 is 35.2. The highest BCUT2D eigenvalue weighted by Gasteiger charge is 2.14. The van der Waals surface area contributed by atoms with E-state index >= 15 is 0 Å². The topological polar surface area (TPSA) is 81.7 Å². The molecule has 0 radical (unpaired) electrons. The van der Waals surface area contributed by atoms with Gasteiger partial charge in [0.2, 0.25) is 10.0 Å². The van der Waals surface area contributed by atoms with Gasteiger partial charge in [0.1, 0.15) is 0 Å². The Morgan fingerprint density at radius 1 is 1.35 bits per heavy atom. The second kappa shape index (κ2) is 7.47. The van der Waals surface area contributed by atoms with Crippen LogP contribution in [-0.4, -0.2) is 41.0 Å². The molecule has 1 rings (SSSR count). The van der Waals surface area contributed by atoms with Gasteiger partial charge >= 0.3 is 5.97 Å². The van der Waals surface area contributed by atoms with Crippen LogP contribution in [0.2, 0.25) is 5.02 Å². The van der Waals surface area contributed by atoms with E-state index in [9.17, 15) is 13.2 Å². The zero-order valence-electron chi connectivity index (χ0n) is 11.2. The van der Waals surface area contributed by atoms with Crippen LogP contribution in [0.1, 0.15) is 16.8 Å². The molecule has 1 aromatic rings. The van der Waals surface area contributed by atoms with Gasteiger partial charge < -0.3 is 9.47 Å². The third kappa shape index (κ3) is 4.99. The number of ether oxygens (including phenoxy) is 2. The van der Waals surface area contributed by atoms with Gasteiger partial charge in [-0.25, -0.2) is 13.2 Å². The predicted molar refractivity (Wildman–Crippen MR) is 76.7 cm³/mol. The van der Waals surface area contributed by atoms with E-state index in [2.05, 4.69) is 9.46 Å². The number of anilines is 1. The summed E-state index contributed by atoms with van der Waals surface area (Å²) in [7, 11) is -0.721. The van der Waals surface area contributed by atoms with Crippen molar-refractivity contribution in [1.82, 2.24) is 0 Å². The lowest BCUT2D eigenvalue weighted by Gasteiger charge is -2.09. The largest absolute Gasteiger partial charge is 0.465 e. The number of hydrogen-bond acceptors (Lipinski definition) is 5. The number of nitrogens with one attached hydrogen (secondary N) is 1. The van der Waals surface area contributed by atoms with Crippen LogP contribution in [0.25, 0.3) is 0 Å². The molecule has 0 aliphatic carbocycles. The fourth-order valence-electron chi connectivity index (χ4n) is 1.48. The van der Waals surface area contributed by atoms with Gasteiger partial charge in [-0.2, -0.15) is 0 Å². The van der Waals surface area contributed by atoms with E-state index in [1.165, 1.54) is 32.4 Å². The van der Waals surface area contributed by atoms with Crippen molar-refractivity contribution < 1.29 is 22.7 Å². The van der Waals surface area contributed by atoms with Crippen LogP contribution < -0.4 is 4.72 Å². The van der Waals surface area contributed by atoms with E-state index in [0.717, 1.165) is 0 Å². The first-order chi connectivity index (χ1) is 9.39. The second-order valence-electron chi connectivity index (χ2n) is 3.95. The number of rotatable bonds is 7. The molecule has 1 N–H and O–H groups in total. The van der Waals surface area contributed by atoms with E-state index in [4.69, 9.17) is 16.3 Å². The average Bonchev–Trinajstić information content (AvgIpc) is 2.37. The van der Waals surface area contributed by atoms with E-state index < -0.39 is 16.0 Å². The Morgan fingerprint density at radius 2 is 2.05 bits per heavy atom. The molecule has 0 saturated heterocycles. The summed E-state index contributed by atoms with van der Waals surface area (Å²) in [5, 5.41) is 0.119. The molecule has 0 amide bonds. The highest BCUT2D eigenvalue weighted by atomic mass is 35.5. The van der Waals surface area contributed by atoms with Gasteiger partial charge in [0.25, 0.3) is 0 Å². The van der Waals surface area contributed by atoms with Crippen molar-refractivity contribution in [2.45, 2.75) is 6.42 Å². The quantitative estimate of drug-likeness (QED) is 0.612. The fraction of sp³-hybridized carbons (Fsp3) is 0.417. The molecule has 6 nitrogen and oxygen atoms in total. The molecule has 0 fully saturated rings. The fourth-order valence-corrected chi connectivity index (χ4v) is 2.82. The highest BCUT2D eigenvalue weighted by Crippen LogP contribution is 2.22. The second-order valence-corrected chi connectivity index (χ2v) is 6.20. The molecule has 20 heavy (non-hydrogen) atoms. The number of hydrogen-bond donors (Lipinski definition) is 1. The van der Waals surface area contributed by atoms with Gasteiger partial charge in [-0.05, 0) is 24.6 Å². The van der Waals surface area contributed by atoms with Crippen molar-refractivity contribution in [2.75, 3.05) is 31.3 Å². The first-order valence-electron chi connectivity index (χ1n) is 5.77. The maximum Gasteiger partial charge on any atom is 0.339 e. The molecule has 1 aromatic carbocycles. The van der Waals surface area contributed by atoms with Crippen molar-refractivity contribution in [1.29, 1.82) is 0 Å². The van der Waals surface area contributed by atoms with Crippen molar-refractivity contribution in [3.05, 3.63) is 28.8 Å². The third-order valence-electron chi connectivity index (χ3n) is 2.41. The minimum atomic E-state index is -3.47. The van der Waals surface area contributed by atoms with E-state index in [0.29, 0.717) is 18.7 Å². The normalized spacial score (nSPS) is 11.2. The highest BCUT2D eigenvalue weighted by molar-refractivity contribution is 7.92. The standard InChI is InChI=1S/C12H16ClNO5S/c1-18-6-3-7-20(16,17)14-9-4-5-10(11(13)8-9)12(15)19-2/h4-5,8,14H,3,6-7H2,1-2H3. The van der Waals surface area contributed by atoms with Gasteiger partial charge in [-0.3, -0.25) is 4.72 Å². The Hall–Kier alpha value is -1.31. The summed E-state index contributed by atoms with van der Waals surface area (Å²) in [6, 6.07) is 4.22. The molecule has 112 valence electrons. The van der Waals surface area contributed by atoms with E-state index in [1.54, 1.807) is 0 Å².